The van der Waals surface area contributed by atoms with Gasteiger partial charge in [-0.3, -0.25) is 0 Å². The second-order valence-electron chi connectivity index (χ2n) is 5.32. The molecule has 0 bridgehead atoms. The van der Waals surface area contributed by atoms with Crippen LogP contribution < -0.4 is 5.32 Å². The molecule has 0 saturated heterocycles. The molecule has 2 nitrogen and oxygen atoms in total. The molecule has 1 unspecified atom stereocenters. The third kappa shape index (κ3) is 5.65. The van der Waals surface area contributed by atoms with Crippen LogP contribution >= 0.6 is 0 Å². The Balaban J connectivity index is 2.30. The molecule has 0 aliphatic heterocycles. The molecule has 1 aromatic rings. The molecule has 0 aromatic heterocycles. The van der Waals surface area contributed by atoms with Crippen LogP contribution in [0.1, 0.15) is 32.8 Å². The molecule has 0 radical (unpaired) electrons. The van der Waals surface area contributed by atoms with Gasteiger partial charge in [-0.05, 0) is 39.3 Å². The fraction of sp³-hybridized carbons (Fsp3) is 0.625. The maximum Gasteiger partial charge on any atom is 0.0107 e. The number of likely N-dealkylation sites (N-methyl/N-ethyl adjacent to an activating group) is 1. The molecule has 1 aromatic carbocycles. The molecule has 2 heteroatoms. The van der Waals surface area contributed by atoms with Crippen LogP contribution in [0.15, 0.2) is 30.3 Å². The first-order chi connectivity index (χ1) is 8.63. The van der Waals surface area contributed by atoms with Gasteiger partial charge in [-0.25, -0.2) is 0 Å². The first kappa shape index (κ1) is 15.2. The minimum atomic E-state index is 0.591. The predicted octanol–water partition coefficient (Wildman–Crippen LogP) is 2.94. The van der Waals surface area contributed by atoms with Crippen LogP contribution in [0.2, 0.25) is 0 Å². The minimum absolute atomic E-state index is 0.591. The molecule has 0 saturated carbocycles. The van der Waals surface area contributed by atoms with Gasteiger partial charge in [0.1, 0.15) is 0 Å². The number of rotatable bonds is 8. The van der Waals surface area contributed by atoms with Crippen LogP contribution in [-0.2, 0) is 6.42 Å². The lowest BCUT2D eigenvalue weighted by Crippen LogP contribution is -2.38. The monoisotopic (exact) mass is 248 g/mol. The van der Waals surface area contributed by atoms with E-state index in [1.807, 2.05) is 0 Å². The van der Waals surface area contributed by atoms with Gasteiger partial charge in [0.05, 0.1) is 0 Å². The predicted molar refractivity (Wildman–Crippen MR) is 80.0 cm³/mol. The van der Waals surface area contributed by atoms with Crippen molar-refractivity contribution in [3.05, 3.63) is 35.9 Å². The lowest BCUT2D eigenvalue weighted by molar-refractivity contribution is 0.268. The molecule has 18 heavy (non-hydrogen) atoms. The molecule has 0 aliphatic rings. The maximum atomic E-state index is 3.66. The highest BCUT2D eigenvalue weighted by molar-refractivity contribution is 5.15. The third-order valence-electron chi connectivity index (χ3n) is 3.60. The molecular weight excluding hydrogens is 220 g/mol. The molecular formula is C16H28N2. The number of hydrogen-bond donors (Lipinski definition) is 1. The van der Waals surface area contributed by atoms with Crippen molar-refractivity contribution in [2.24, 2.45) is 0 Å². The first-order valence-electron chi connectivity index (χ1n) is 7.11. The van der Waals surface area contributed by atoms with Crippen molar-refractivity contribution in [2.75, 3.05) is 20.1 Å². The van der Waals surface area contributed by atoms with Crippen molar-refractivity contribution >= 4 is 0 Å². The van der Waals surface area contributed by atoms with Gasteiger partial charge in [-0.1, -0.05) is 37.3 Å². The fourth-order valence-electron chi connectivity index (χ4n) is 1.96. The van der Waals surface area contributed by atoms with Crippen LogP contribution in [0.3, 0.4) is 0 Å². The highest BCUT2D eigenvalue weighted by Gasteiger charge is 2.08. The van der Waals surface area contributed by atoms with E-state index < -0.39 is 0 Å². The Morgan fingerprint density at radius 2 is 1.83 bits per heavy atom. The molecule has 0 spiro atoms. The number of hydrogen-bond acceptors (Lipinski definition) is 2. The average Bonchev–Trinajstić information content (AvgIpc) is 2.38. The van der Waals surface area contributed by atoms with Crippen molar-refractivity contribution in [1.82, 2.24) is 10.2 Å². The van der Waals surface area contributed by atoms with Gasteiger partial charge in [0.25, 0.3) is 0 Å². The number of benzene rings is 1. The molecule has 1 N–H and O–H groups in total. The Morgan fingerprint density at radius 3 is 2.39 bits per heavy atom. The van der Waals surface area contributed by atoms with Crippen LogP contribution in [0, 0.1) is 0 Å². The Bertz CT molecular complexity index is 308. The molecule has 102 valence electrons. The zero-order valence-corrected chi connectivity index (χ0v) is 12.3. The van der Waals surface area contributed by atoms with Crippen molar-refractivity contribution in [2.45, 2.75) is 45.7 Å². The number of nitrogens with one attached hydrogen (secondary N) is 1. The van der Waals surface area contributed by atoms with E-state index in [4.69, 9.17) is 0 Å². The molecule has 0 fully saturated rings. The summed E-state index contributed by atoms with van der Waals surface area (Å²) in [6, 6.07) is 12.0. The number of nitrogens with zero attached hydrogens (tertiary/aromatic N) is 1. The summed E-state index contributed by atoms with van der Waals surface area (Å²) >= 11 is 0. The summed E-state index contributed by atoms with van der Waals surface area (Å²) in [5, 5.41) is 3.66. The highest BCUT2D eigenvalue weighted by atomic mass is 15.1. The van der Waals surface area contributed by atoms with Gasteiger partial charge in [0, 0.05) is 25.2 Å². The van der Waals surface area contributed by atoms with E-state index in [2.05, 4.69) is 68.4 Å². The quantitative estimate of drug-likeness (QED) is 0.761. The summed E-state index contributed by atoms with van der Waals surface area (Å²) < 4.78 is 0. The third-order valence-corrected chi connectivity index (χ3v) is 3.60. The second-order valence-corrected chi connectivity index (χ2v) is 5.32. The summed E-state index contributed by atoms with van der Waals surface area (Å²) in [6.45, 7) is 8.91. The second kappa shape index (κ2) is 8.28. The summed E-state index contributed by atoms with van der Waals surface area (Å²) in [4.78, 5) is 2.38. The minimum Gasteiger partial charge on any atom is -0.312 e. The SMILES string of the molecule is CCC(Cc1ccccc1)NCCN(C)C(C)C. The Morgan fingerprint density at radius 1 is 1.17 bits per heavy atom. The summed E-state index contributed by atoms with van der Waals surface area (Å²) in [5.74, 6) is 0. The lowest BCUT2D eigenvalue weighted by atomic mass is 10.0. The zero-order valence-electron chi connectivity index (χ0n) is 12.3. The molecule has 0 heterocycles. The van der Waals surface area contributed by atoms with E-state index in [0.717, 1.165) is 19.5 Å². The van der Waals surface area contributed by atoms with Gasteiger partial charge in [-0.2, -0.15) is 0 Å². The molecule has 0 aliphatic carbocycles. The Kier molecular flexibility index (Phi) is 6.99. The smallest absolute Gasteiger partial charge is 0.0107 e. The standard InChI is InChI=1S/C16H28N2/c1-5-16(13-15-9-7-6-8-10-15)17-11-12-18(4)14(2)3/h6-10,14,16-17H,5,11-13H2,1-4H3. The van der Waals surface area contributed by atoms with Gasteiger partial charge >= 0.3 is 0 Å². The molecule has 1 rings (SSSR count). The van der Waals surface area contributed by atoms with E-state index in [0.29, 0.717) is 12.1 Å². The van der Waals surface area contributed by atoms with E-state index in [-0.39, 0.29) is 0 Å². The van der Waals surface area contributed by atoms with Gasteiger partial charge in [-0.15, -0.1) is 0 Å². The zero-order chi connectivity index (χ0) is 13.4. The van der Waals surface area contributed by atoms with Gasteiger partial charge in [0.2, 0.25) is 0 Å². The van der Waals surface area contributed by atoms with Crippen LogP contribution in [0.5, 0.6) is 0 Å². The first-order valence-corrected chi connectivity index (χ1v) is 7.11. The van der Waals surface area contributed by atoms with E-state index in [1.54, 1.807) is 0 Å². The van der Waals surface area contributed by atoms with Gasteiger partial charge < -0.3 is 10.2 Å². The lowest BCUT2D eigenvalue weighted by Gasteiger charge is -2.23. The van der Waals surface area contributed by atoms with E-state index >= 15 is 0 Å². The Hall–Kier alpha value is -0.860. The largest absolute Gasteiger partial charge is 0.312 e. The topological polar surface area (TPSA) is 15.3 Å². The van der Waals surface area contributed by atoms with Gasteiger partial charge in [0.15, 0.2) is 0 Å². The van der Waals surface area contributed by atoms with Crippen molar-refractivity contribution in [1.29, 1.82) is 0 Å². The summed E-state index contributed by atoms with van der Waals surface area (Å²) in [6.07, 6.45) is 2.31. The maximum absolute atomic E-state index is 3.66. The van der Waals surface area contributed by atoms with Crippen molar-refractivity contribution < 1.29 is 0 Å². The van der Waals surface area contributed by atoms with E-state index in [9.17, 15) is 0 Å². The van der Waals surface area contributed by atoms with Crippen LogP contribution in [-0.4, -0.2) is 37.1 Å². The molecule has 1 atom stereocenters. The molecule has 0 amide bonds. The highest BCUT2D eigenvalue weighted by Crippen LogP contribution is 2.05. The fourth-order valence-corrected chi connectivity index (χ4v) is 1.96. The van der Waals surface area contributed by atoms with Crippen molar-refractivity contribution in [3.63, 3.8) is 0 Å². The van der Waals surface area contributed by atoms with Crippen LogP contribution in [0.4, 0.5) is 0 Å². The summed E-state index contributed by atoms with van der Waals surface area (Å²) in [5.41, 5.74) is 1.43. The van der Waals surface area contributed by atoms with Crippen LogP contribution in [0.25, 0.3) is 0 Å². The normalized spacial score (nSPS) is 13.2. The van der Waals surface area contributed by atoms with E-state index in [1.165, 1.54) is 12.0 Å². The van der Waals surface area contributed by atoms with Crippen molar-refractivity contribution in [3.8, 4) is 0 Å². The Labute approximate surface area is 112 Å². The summed E-state index contributed by atoms with van der Waals surface area (Å²) in [7, 11) is 2.19. The average molecular weight is 248 g/mol.